The second-order valence-corrected chi connectivity index (χ2v) is 5.40. The molecule has 0 saturated heterocycles. The van der Waals surface area contributed by atoms with E-state index in [4.69, 9.17) is 4.42 Å². The predicted molar refractivity (Wildman–Crippen MR) is 77.7 cm³/mol. The van der Waals surface area contributed by atoms with Crippen molar-refractivity contribution in [1.29, 1.82) is 0 Å². The van der Waals surface area contributed by atoms with E-state index in [0.717, 1.165) is 29.5 Å². The summed E-state index contributed by atoms with van der Waals surface area (Å²) in [6, 6.07) is 5.83. The van der Waals surface area contributed by atoms with Crippen molar-refractivity contribution in [3.8, 4) is 11.5 Å². The third-order valence-corrected chi connectivity index (χ3v) is 3.60. The molecule has 0 spiro atoms. The first-order chi connectivity index (χ1) is 10.2. The molecule has 3 aromatic rings. The molecule has 0 unspecified atom stereocenters. The molecule has 1 aliphatic carbocycles. The number of hydrogen-bond donors (Lipinski definition) is 2. The highest BCUT2D eigenvalue weighted by Crippen LogP contribution is 2.33. The quantitative estimate of drug-likeness (QED) is 0.773. The van der Waals surface area contributed by atoms with Crippen LogP contribution < -0.4 is 5.32 Å². The molecule has 2 aromatic heterocycles. The Morgan fingerprint density at radius 1 is 1.43 bits per heavy atom. The van der Waals surface area contributed by atoms with Crippen LogP contribution in [0.3, 0.4) is 0 Å². The number of benzene rings is 1. The van der Waals surface area contributed by atoms with E-state index in [1.807, 2.05) is 25.1 Å². The number of carbonyl (C=O) groups is 1. The van der Waals surface area contributed by atoms with Gasteiger partial charge in [0.25, 0.3) is 0 Å². The fourth-order valence-corrected chi connectivity index (χ4v) is 2.27. The molecule has 0 bridgehead atoms. The SMILES string of the molecule is Cc1ccc2oc(-c3c[nH]nc3NC(=O)C3CC3)nc2c1. The van der Waals surface area contributed by atoms with Crippen LogP contribution >= 0.6 is 0 Å². The molecular weight excluding hydrogens is 268 g/mol. The molecule has 106 valence electrons. The summed E-state index contributed by atoms with van der Waals surface area (Å²) >= 11 is 0. The van der Waals surface area contributed by atoms with Gasteiger partial charge in [-0.3, -0.25) is 9.89 Å². The topological polar surface area (TPSA) is 83.8 Å². The maximum absolute atomic E-state index is 11.9. The fourth-order valence-electron chi connectivity index (χ4n) is 2.27. The zero-order chi connectivity index (χ0) is 14.4. The Bertz CT molecular complexity index is 829. The van der Waals surface area contributed by atoms with Gasteiger partial charge in [-0.1, -0.05) is 6.07 Å². The van der Waals surface area contributed by atoms with Crippen molar-refractivity contribution in [2.24, 2.45) is 5.92 Å². The number of carbonyl (C=O) groups excluding carboxylic acids is 1. The summed E-state index contributed by atoms with van der Waals surface area (Å²) in [5.74, 6) is 1.06. The van der Waals surface area contributed by atoms with E-state index in [-0.39, 0.29) is 11.8 Å². The minimum atomic E-state index is 0.00954. The third kappa shape index (κ3) is 2.18. The average molecular weight is 282 g/mol. The summed E-state index contributed by atoms with van der Waals surface area (Å²) in [6.07, 6.45) is 3.58. The molecule has 0 atom stereocenters. The first kappa shape index (κ1) is 12.1. The molecule has 1 aliphatic rings. The molecule has 1 fully saturated rings. The number of nitrogens with one attached hydrogen (secondary N) is 2. The van der Waals surface area contributed by atoms with Crippen molar-refractivity contribution in [2.75, 3.05) is 5.32 Å². The lowest BCUT2D eigenvalue weighted by molar-refractivity contribution is -0.117. The number of aromatic nitrogens is 3. The second kappa shape index (κ2) is 4.44. The predicted octanol–water partition coefficient (Wildman–Crippen LogP) is 2.87. The molecule has 4 rings (SSSR count). The van der Waals surface area contributed by atoms with Gasteiger partial charge in [-0.15, -0.1) is 0 Å². The minimum Gasteiger partial charge on any atom is -0.436 e. The van der Waals surface area contributed by atoms with E-state index in [1.54, 1.807) is 6.20 Å². The molecule has 21 heavy (non-hydrogen) atoms. The van der Waals surface area contributed by atoms with Crippen LogP contribution in [0, 0.1) is 12.8 Å². The van der Waals surface area contributed by atoms with Gasteiger partial charge < -0.3 is 9.73 Å². The van der Waals surface area contributed by atoms with Crippen molar-refractivity contribution < 1.29 is 9.21 Å². The van der Waals surface area contributed by atoms with Crippen molar-refractivity contribution in [1.82, 2.24) is 15.2 Å². The number of hydrogen-bond acceptors (Lipinski definition) is 4. The number of rotatable bonds is 3. The van der Waals surface area contributed by atoms with Gasteiger partial charge in [0.2, 0.25) is 11.8 Å². The van der Waals surface area contributed by atoms with Gasteiger partial charge in [0.05, 0.1) is 5.56 Å². The fraction of sp³-hybridized carbons (Fsp3) is 0.267. The Morgan fingerprint density at radius 2 is 2.29 bits per heavy atom. The summed E-state index contributed by atoms with van der Waals surface area (Å²) in [7, 11) is 0. The minimum absolute atomic E-state index is 0.00954. The summed E-state index contributed by atoms with van der Waals surface area (Å²) in [4.78, 5) is 16.3. The first-order valence-corrected chi connectivity index (χ1v) is 6.93. The van der Waals surface area contributed by atoms with Gasteiger partial charge in [0.1, 0.15) is 5.52 Å². The largest absolute Gasteiger partial charge is 0.436 e. The van der Waals surface area contributed by atoms with E-state index >= 15 is 0 Å². The lowest BCUT2D eigenvalue weighted by atomic mass is 10.2. The molecule has 0 radical (unpaired) electrons. The van der Waals surface area contributed by atoms with Crippen molar-refractivity contribution in [3.63, 3.8) is 0 Å². The number of H-pyrrole nitrogens is 1. The number of amides is 1. The van der Waals surface area contributed by atoms with Crippen LogP contribution in [0.1, 0.15) is 18.4 Å². The molecule has 1 saturated carbocycles. The highest BCUT2D eigenvalue weighted by Gasteiger charge is 2.30. The number of aromatic amines is 1. The van der Waals surface area contributed by atoms with Gasteiger partial charge in [0.15, 0.2) is 11.4 Å². The standard InChI is InChI=1S/C15H14N4O2/c1-8-2-5-12-11(6-8)17-15(21-12)10-7-16-19-13(10)18-14(20)9-3-4-9/h2,5-7,9H,3-4H2,1H3,(H2,16,18,19,20). The molecule has 6 heteroatoms. The van der Waals surface area contributed by atoms with E-state index in [9.17, 15) is 4.79 Å². The second-order valence-electron chi connectivity index (χ2n) is 5.40. The molecule has 0 aliphatic heterocycles. The van der Waals surface area contributed by atoms with Gasteiger partial charge >= 0.3 is 0 Å². The normalized spacial score (nSPS) is 14.5. The Balaban J connectivity index is 1.71. The molecule has 1 amide bonds. The maximum atomic E-state index is 11.9. The van der Waals surface area contributed by atoms with Gasteiger partial charge in [-0.05, 0) is 37.5 Å². The monoisotopic (exact) mass is 282 g/mol. The van der Waals surface area contributed by atoms with Crippen LogP contribution in [0.25, 0.3) is 22.6 Å². The Hall–Kier alpha value is -2.63. The van der Waals surface area contributed by atoms with Crippen LogP contribution in [0.15, 0.2) is 28.8 Å². The summed E-state index contributed by atoms with van der Waals surface area (Å²) in [6.45, 7) is 2.01. The van der Waals surface area contributed by atoms with Gasteiger partial charge in [0, 0.05) is 12.1 Å². The van der Waals surface area contributed by atoms with Crippen LogP contribution in [0.4, 0.5) is 5.82 Å². The maximum Gasteiger partial charge on any atom is 0.232 e. The molecule has 6 nitrogen and oxygen atoms in total. The summed E-state index contributed by atoms with van der Waals surface area (Å²) < 4.78 is 5.74. The van der Waals surface area contributed by atoms with E-state index in [0.29, 0.717) is 17.3 Å². The number of anilines is 1. The van der Waals surface area contributed by atoms with E-state index in [2.05, 4.69) is 20.5 Å². The van der Waals surface area contributed by atoms with Crippen molar-refractivity contribution in [2.45, 2.75) is 19.8 Å². The Labute approximate surface area is 120 Å². The smallest absolute Gasteiger partial charge is 0.232 e. The molecule has 2 heterocycles. The number of aryl methyl sites for hydroxylation is 1. The van der Waals surface area contributed by atoms with Crippen LogP contribution in [-0.4, -0.2) is 21.1 Å². The number of fused-ring (bicyclic) bond motifs is 1. The lowest BCUT2D eigenvalue weighted by Crippen LogP contribution is -2.14. The third-order valence-electron chi connectivity index (χ3n) is 3.60. The Kier molecular flexibility index (Phi) is 2.57. The van der Waals surface area contributed by atoms with Crippen LogP contribution in [-0.2, 0) is 4.79 Å². The van der Waals surface area contributed by atoms with E-state index < -0.39 is 0 Å². The van der Waals surface area contributed by atoms with Gasteiger partial charge in [-0.25, -0.2) is 4.98 Å². The first-order valence-electron chi connectivity index (χ1n) is 6.93. The van der Waals surface area contributed by atoms with E-state index in [1.165, 1.54) is 0 Å². The molecular formula is C15H14N4O2. The summed E-state index contributed by atoms with van der Waals surface area (Å²) in [5, 5.41) is 9.65. The summed E-state index contributed by atoms with van der Waals surface area (Å²) in [5.41, 5.74) is 3.30. The molecule has 1 aromatic carbocycles. The Morgan fingerprint density at radius 3 is 3.10 bits per heavy atom. The number of oxazole rings is 1. The number of nitrogens with zero attached hydrogens (tertiary/aromatic N) is 2. The van der Waals surface area contributed by atoms with Crippen LogP contribution in [0.5, 0.6) is 0 Å². The van der Waals surface area contributed by atoms with Crippen molar-refractivity contribution in [3.05, 3.63) is 30.0 Å². The van der Waals surface area contributed by atoms with Gasteiger partial charge in [-0.2, -0.15) is 5.10 Å². The van der Waals surface area contributed by atoms with Crippen LogP contribution in [0.2, 0.25) is 0 Å². The lowest BCUT2D eigenvalue weighted by Gasteiger charge is -2.01. The zero-order valence-electron chi connectivity index (χ0n) is 11.5. The zero-order valence-corrected chi connectivity index (χ0v) is 11.5. The molecule has 2 N–H and O–H groups in total. The average Bonchev–Trinajstić information content (AvgIpc) is 3.08. The van der Waals surface area contributed by atoms with Crippen molar-refractivity contribution >= 4 is 22.8 Å². The highest BCUT2D eigenvalue weighted by atomic mass is 16.3. The highest BCUT2D eigenvalue weighted by molar-refractivity contribution is 5.96.